The first-order chi connectivity index (χ1) is 19.4. The minimum Gasteiger partial charge on any atom is -0.327 e. The second-order valence-corrected chi connectivity index (χ2v) is 11.0. The molecular formula is C32H30ClN5OS. The fourth-order valence-electron chi connectivity index (χ4n) is 4.44. The van der Waals surface area contributed by atoms with Crippen LogP contribution in [0.2, 0.25) is 5.02 Å². The molecule has 0 aliphatic rings. The molecule has 5 aromatic rings. The van der Waals surface area contributed by atoms with Gasteiger partial charge in [0, 0.05) is 28.6 Å². The van der Waals surface area contributed by atoms with Crippen LogP contribution in [-0.4, -0.2) is 20.8 Å². The number of nitrogens with one attached hydrogen (secondary N) is 2. The van der Waals surface area contributed by atoms with E-state index in [9.17, 15) is 4.79 Å². The van der Waals surface area contributed by atoms with Crippen LogP contribution in [0.15, 0.2) is 108 Å². The summed E-state index contributed by atoms with van der Waals surface area (Å²) in [5.41, 5.74) is 6.21. The number of anilines is 1. The van der Waals surface area contributed by atoms with Gasteiger partial charge >= 0.3 is 6.03 Å². The lowest BCUT2D eigenvalue weighted by atomic mass is 10.1. The zero-order chi connectivity index (χ0) is 27.9. The fraction of sp³-hybridized carbons (Fsp3) is 0.156. The number of nitrogens with zero attached hydrogens (tertiary/aromatic N) is 3. The molecule has 0 bridgehead atoms. The highest BCUT2D eigenvalue weighted by Gasteiger charge is 2.25. The van der Waals surface area contributed by atoms with Crippen LogP contribution in [0.3, 0.4) is 0 Å². The average Bonchev–Trinajstić information content (AvgIpc) is 3.36. The summed E-state index contributed by atoms with van der Waals surface area (Å²) in [5.74, 6) is 1.40. The van der Waals surface area contributed by atoms with E-state index >= 15 is 0 Å². The number of rotatable bonds is 9. The van der Waals surface area contributed by atoms with Crippen LogP contribution in [0.1, 0.15) is 34.1 Å². The van der Waals surface area contributed by atoms with Crippen molar-refractivity contribution >= 4 is 35.1 Å². The molecule has 2 amide bonds. The second-order valence-electron chi connectivity index (χ2n) is 9.64. The second kappa shape index (κ2) is 12.9. The van der Waals surface area contributed by atoms with Crippen LogP contribution in [0.5, 0.6) is 0 Å². The maximum atomic E-state index is 13.2. The average molecular weight is 568 g/mol. The quantitative estimate of drug-likeness (QED) is 0.177. The summed E-state index contributed by atoms with van der Waals surface area (Å²) in [6, 6.07) is 33.0. The molecule has 0 spiro atoms. The van der Waals surface area contributed by atoms with Gasteiger partial charge in [0.05, 0.1) is 6.04 Å². The molecule has 6 nitrogen and oxygen atoms in total. The number of carbonyl (C=O) groups excluding carboxylic acids is 1. The molecule has 1 unspecified atom stereocenters. The van der Waals surface area contributed by atoms with Crippen LogP contribution in [-0.2, 0) is 12.2 Å². The lowest BCUT2D eigenvalue weighted by molar-refractivity contribution is 0.247. The van der Waals surface area contributed by atoms with Crippen molar-refractivity contribution in [2.75, 3.05) is 5.32 Å². The third kappa shape index (κ3) is 7.11. The largest absolute Gasteiger partial charge is 0.327 e. The van der Waals surface area contributed by atoms with E-state index in [1.54, 1.807) is 36.0 Å². The first-order valence-corrected chi connectivity index (χ1v) is 14.4. The van der Waals surface area contributed by atoms with Crippen LogP contribution < -0.4 is 10.6 Å². The van der Waals surface area contributed by atoms with Gasteiger partial charge in [0.1, 0.15) is 0 Å². The van der Waals surface area contributed by atoms with Gasteiger partial charge in [-0.1, -0.05) is 107 Å². The van der Waals surface area contributed by atoms with Crippen molar-refractivity contribution in [2.24, 2.45) is 0 Å². The Labute approximate surface area is 243 Å². The summed E-state index contributed by atoms with van der Waals surface area (Å²) in [4.78, 5) is 13.2. The van der Waals surface area contributed by atoms with Crippen LogP contribution in [0, 0.1) is 13.8 Å². The molecular weight excluding hydrogens is 538 g/mol. The van der Waals surface area contributed by atoms with Gasteiger partial charge in [-0.2, -0.15) is 0 Å². The number of amides is 2. The smallest absolute Gasteiger partial charge is 0.319 e. The Hall–Kier alpha value is -4.07. The van der Waals surface area contributed by atoms with E-state index < -0.39 is 6.04 Å². The molecule has 5 rings (SSSR count). The Morgan fingerprint density at radius 3 is 2.35 bits per heavy atom. The Morgan fingerprint density at radius 1 is 0.850 bits per heavy atom. The molecule has 0 saturated carbocycles. The number of thioether (sulfide) groups is 1. The lowest BCUT2D eigenvalue weighted by Gasteiger charge is -2.21. The summed E-state index contributed by atoms with van der Waals surface area (Å²) in [7, 11) is 0. The molecule has 0 aliphatic heterocycles. The van der Waals surface area contributed by atoms with Crippen molar-refractivity contribution in [3.8, 4) is 5.69 Å². The van der Waals surface area contributed by atoms with E-state index in [0.717, 1.165) is 27.7 Å². The van der Waals surface area contributed by atoms with Gasteiger partial charge in [-0.3, -0.25) is 4.57 Å². The van der Waals surface area contributed by atoms with Crippen molar-refractivity contribution in [1.82, 2.24) is 20.1 Å². The molecule has 1 aromatic heterocycles. The molecule has 8 heteroatoms. The molecule has 0 radical (unpaired) electrons. The Bertz CT molecular complexity index is 1590. The monoisotopic (exact) mass is 567 g/mol. The van der Waals surface area contributed by atoms with Gasteiger partial charge in [0.2, 0.25) is 0 Å². The number of hydrogen-bond donors (Lipinski definition) is 2. The van der Waals surface area contributed by atoms with Gasteiger partial charge < -0.3 is 10.6 Å². The predicted octanol–water partition coefficient (Wildman–Crippen LogP) is 7.94. The van der Waals surface area contributed by atoms with Crippen LogP contribution >= 0.6 is 23.4 Å². The number of aryl methyl sites for hydroxylation is 2. The molecule has 2 N–H and O–H groups in total. The SMILES string of the molecule is Cc1ccc(-n2c(SCc3cccc(C)c3)nnc2C(Cc2ccccc2)NC(=O)Nc2cccc(Cl)c2)cc1. The Kier molecular flexibility index (Phi) is 8.84. The van der Waals surface area contributed by atoms with E-state index in [0.29, 0.717) is 23.0 Å². The van der Waals surface area contributed by atoms with Gasteiger partial charge in [0.15, 0.2) is 11.0 Å². The number of benzene rings is 4. The minimum absolute atomic E-state index is 0.351. The first kappa shape index (κ1) is 27.5. The molecule has 40 heavy (non-hydrogen) atoms. The molecule has 202 valence electrons. The lowest BCUT2D eigenvalue weighted by Crippen LogP contribution is -2.35. The first-order valence-electron chi connectivity index (χ1n) is 13.0. The number of hydrogen-bond acceptors (Lipinski definition) is 4. The third-order valence-electron chi connectivity index (χ3n) is 6.38. The number of halogens is 1. The summed E-state index contributed by atoms with van der Waals surface area (Å²) in [6.07, 6.45) is 0.538. The number of urea groups is 1. The summed E-state index contributed by atoms with van der Waals surface area (Å²) in [5, 5.41) is 16.6. The van der Waals surface area contributed by atoms with Crippen molar-refractivity contribution in [3.05, 3.63) is 136 Å². The van der Waals surface area contributed by atoms with E-state index in [1.165, 1.54) is 11.1 Å². The highest BCUT2D eigenvalue weighted by atomic mass is 35.5. The molecule has 0 saturated heterocycles. The van der Waals surface area contributed by atoms with E-state index in [-0.39, 0.29) is 6.03 Å². The van der Waals surface area contributed by atoms with E-state index in [2.05, 4.69) is 83.2 Å². The van der Waals surface area contributed by atoms with Crippen LogP contribution in [0.4, 0.5) is 10.5 Å². The van der Waals surface area contributed by atoms with Crippen molar-refractivity contribution < 1.29 is 4.79 Å². The molecule has 1 heterocycles. The van der Waals surface area contributed by atoms with E-state index in [1.807, 2.05) is 34.9 Å². The molecule has 0 aliphatic carbocycles. The van der Waals surface area contributed by atoms with Crippen molar-refractivity contribution in [1.29, 1.82) is 0 Å². The topological polar surface area (TPSA) is 71.8 Å². The zero-order valence-corrected chi connectivity index (χ0v) is 23.9. The van der Waals surface area contributed by atoms with Crippen molar-refractivity contribution in [2.45, 2.75) is 37.2 Å². The molecule has 1 atom stereocenters. The highest BCUT2D eigenvalue weighted by molar-refractivity contribution is 7.98. The van der Waals surface area contributed by atoms with Gasteiger partial charge in [-0.25, -0.2) is 4.79 Å². The summed E-state index contributed by atoms with van der Waals surface area (Å²) in [6.45, 7) is 4.15. The molecule has 4 aromatic carbocycles. The van der Waals surface area contributed by atoms with Crippen LogP contribution in [0.25, 0.3) is 5.69 Å². The zero-order valence-electron chi connectivity index (χ0n) is 22.3. The Balaban J connectivity index is 1.50. The summed E-state index contributed by atoms with van der Waals surface area (Å²) >= 11 is 7.75. The van der Waals surface area contributed by atoms with Crippen molar-refractivity contribution in [3.63, 3.8) is 0 Å². The van der Waals surface area contributed by atoms with Gasteiger partial charge in [-0.05, 0) is 55.3 Å². The normalized spacial score (nSPS) is 11.7. The molecule has 0 fully saturated rings. The predicted molar refractivity (Wildman–Crippen MR) is 163 cm³/mol. The number of aromatic nitrogens is 3. The van der Waals surface area contributed by atoms with E-state index in [4.69, 9.17) is 11.6 Å². The Morgan fingerprint density at radius 2 is 1.60 bits per heavy atom. The number of carbonyl (C=O) groups is 1. The fourth-order valence-corrected chi connectivity index (χ4v) is 5.53. The maximum Gasteiger partial charge on any atom is 0.319 e. The standard InChI is InChI=1S/C32H30ClN5OS/c1-22-14-16-28(17-15-22)38-30(36-37-32(38)40-21-25-11-6-8-23(2)18-25)29(19-24-9-4-3-5-10-24)35-31(39)34-27-13-7-12-26(33)20-27/h3-18,20,29H,19,21H2,1-2H3,(H2,34,35,39). The minimum atomic E-state index is -0.455. The summed E-state index contributed by atoms with van der Waals surface area (Å²) < 4.78 is 2.05. The van der Waals surface area contributed by atoms with Gasteiger partial charge in [-0.15, -0.1) is 10.2 Å². The maximum absolute atomic E-state index is 13.2. The third-order valence-corrected chi connectivity index (χ3v) is 7.62. The van der Waals surface area contributed by atoms with Gasteiger partial charge in [0.25, 0.3) is 0 Å². The highest BCUT2D eigenvalue weighted by Crippen LogP contribution is 2.29.